The van der Waals surface area contributed by atoms with Crippen molar-refractivity contribution in [3.63, 3.8) is 0 Å². The zero-order valence-corrected chi connectivity index (χ0v) is 24.6. The number of aromatic nitrogens is 3. The maximum absolute atomic E-state index is 5.07. The summed E-state index contributed by atoms with van der Waals surface area (Å²) >= 11 is 0. The molecule has 0 amide bonds. The summed E-state index contributed by atoms with van der Waals surface area (Å²) in [4.78, 5) is 10.1. The lowest BCUT2D eigenvalue weighted by atomic mass is 9.95. The van der Waals surface area contributed by atoms with E-state index in [1.807, 2.05) is 24.3 Å². The van der Waals surface area contributed by atoms with Gasteiger partial charge in [0.05, 0.1) is 22.8 Å². The number of imidazole rings is 1. The Hall–Kier alpha value is -6.06. The third-order valence-electron chi connectivity index (χ3n) is 8.21. The van der Waals surface area contributed by atoms with E-state index in [0.29, 0.717) is 0 Å². The molecule has 3 heterocycles. The van der Waals surface area contributed by atoms with Gasteiger partial charge in [-0.3, -0.25) is 4.40 Å². The highest BCUT2D eigenvalue weighted by molar-refractivity contribution is 5.85. The van der Waals surface area contributed by atoms with Crippen LogP contribution in [0.1, 0.15) is 0 Å². The highest BCUT2D eigenvalue weighted by Gasteiger charge is 2.16. The van der Waals surface area contributed by atoms with Gasteiger partial charge in [0.2, 0.25) is 0 Å². The Kier molecular flexibility index (Phi) is 6.82. The van der Waals surface area contributed by atoms with Crippen LogP contribution in [0.3, 0.4) is 0 Å². The van der Waals surface area contributed by atoms with Crippen LogP contribution in [-0.2, 0) is 0 Å². The highest BCUT2D eigenvalue weighted by Crippen LogP contribution is 2.36. The summed E-state index contributed by atoms with van der Waals surface area (Å²) in [6, 6.07) is 59.4. The Labute approximate surface area is 262 Å². The minimum Gasteiger partial charge on any atom is -0.299 e. The Morgan fingerprint density at radius 3 is 1.40 bits per heavy atom. The van der Waals surface area contributed by atoms with E-state index in [-0.39, 0.29) is 0 Å². The first-order valence-corrected chi connectivity index (χ1v) is 15.2. The van der Waals surface area contributed by atoms with Crippen molar-refractivity contribution >= 4 is 5.65 Å². The molecule has 0 aliphatic carbocycles. The first-order valence-electron chi connectivity index (χ1n) is 15.2. The fraction of sp³-hybridized carbons (Fsp3) is 0. The lowest BCUT2D eigenvalue weighted by Crippen LogP contribution is -1.92. The summed E-state index contributed by atoms with van der Waals surface area (Å²) in [6.45, 7) is 0. The van der Waals surface area contributed by atoms with Gasteiger partial charge in [-0.25, -0.2) is 9.97 Å². The Morgan fingerprint density at radius 2 is 0.800 bits per heavy atom. The predicted octanol–water partition coefficient (Wildman–Crippen LogP) is 10.7. The molecule has 0 saturated carbocycles. The van der Waals surface area contributed by atoms with Crippen molar-refractivity contribution in [2.75, 3.05) is 0 Å². The topological polar surface area (TPSA) is 30.2 Å². The molecule has 0 N–H and O–H groups in total. The summed E-state index contributed by atoms with van der Waals surface area (Å²) in [5.74, 6) is 0. The van der Waals surface area contributed by atoms with Crippen LogP contribution in [0.2, 0.25) is 0 Å². The van der Waals surface area contributed by atoms with E-state index in [1.54, 1.807) is 0 Å². The number of benzene rings is 5. The Morgan fingerprint density at radius 1 is 0.333 bits per heavy atom. The van der Waals surface area contributed by atoms with Gasteiger partial charge in [0.25, 0.3) is 0 Å². The molecule has 8 rings (SSSR count). The molecule has 8 aromatic rings. The second-order valence-electron chi connectivity index (χ2n) is 11.1. The van der Waals surface area contributed by atoms with E-state index in [2.05, 4.69) is 156 Å². The van der Waals surface area contributed by atoms with Crippen LogP contribution in [0.15, 0.2) is 176 Å². The molecule has 3 heteroatoms. The van der Waals surface area contributed by atoms with Crippen LogP contribution in [-0.4, -0.2) is 14.4 Å². The van der Waals surface area contributed by atoms with Crippen LogP contribution < -0.4 is 0 Å². The van der Waals surface area contributed by atoms with Crippen LogP contribution in [0.25, 0.3) is 72.9 Å². The van der Waals surface area contributed by atoms with Gasteiger partial charge >= 0.3 is 0 Å². The van der Waals surface area contributed by atoms with Gasteiger partial charge in [0.1, 0.15) is 5.65 Å². The fourth-order valence-electron chi connectivity index (χ4n) is 6.00. The van der Waals surface area contributed by atoms with E-state index in [1.165, 1.54) is 0 Å². The molecule has 0 bridgehead atoms. The van der Waals surface area contributed by atoms with Crippen molar-refractivity contribution in [3.8, 4) is 67.3 Å². The molecule has 3 nitrogen and oxygen atoms in total. The number of nitrogens with zero attached hydrogens (tertiary/aromatic N) is 3. The molecule has 3 aromatic heterocycles. The summed E-state index contributed by atoms with van der Waals surface area (Å²) < 4.78 is 2.19. The van der Waals surface area contributed by atoms with Crippen molar-refractivity contribution in [2.45, 2.75) is 0 Å². The number of fused-ring (bicyclic) bond motifs is 1. The fourth-order valence-corrected chi connectivity index (χ4v) is 6.00. The van der Waals surface area contributed by atoms with Gasteiger partial charge in [-0.15, -0.1) is 0 Å². The van der Waals surface area contributed by atoms with Gasteiger partial charge in [0.15, 0.2) is 0 Å². The third kappa shape index (κ3) is 5.21. The Balaban J connectivity index is 1.24. The van der Waals surface area contributed by atoms with Crippen LogP contribution >= 0.6 is 0 Å². The molecular formula is C42H29N3. The lowest BCUT2D eigenvalue weighted by molar-refractivity contribution is 1.19. The summed E-state index contributed by atoms with van der Waals surface area (Å²) in [5.41, 5.74) is 13.9. The van der Waals surface area contributed by atoms with Gasteiger partial charge in [-0.05, 0) is 58.7 Å². The molecule has 45 heavy (non-hydrogen) atoms. The Bertz CT molecular complexity index is 2190. The van der Waals surface area contributed by atoms with Crippen molar-refractivity contribution in [3.05, 3.63) is 176 Å². The summed E-state index contributed by atoms with van der Waals surface area (Å²) in [6.07, 6.45) is 2.09. The van der Waals surface area contributed by atoms with E-state index >= 15 is 0 Å². The zero-order valence-electron chi connectivity index (χ0n) is 24.6. The minimum atomic E-state index is 0.930. The molecule has 0 aliphatic rings. The molecule has 0 unspecified atom stereocenters. The highest BCUT2D eigenvalue weighted by atomic mass is 15.0. The van der Waals surface area contributed by atoms with Crippen molar-refractivity contribution in [1.82, 2.24) is 14.4 Å². The lowest BCUT2D eigenvalue weighted by Gasteiger charge is -2.12. The predicted molar refractivity (Wildman–Crippen MR) is 186 cm³/mol. The second kappa shape index (κ2) is 11.6. The maximum atomic E-state index is 5.07. The summed E-state index contributed by atoms with van der Waals surface area (Å²) in [7, 11) is 0. The van der Waals surface area contributed by atoms with E-state index in [0.717, 1.165) is 72.9 Å². The van der Waals surface area contributed by atoms with Crippen LogP contribution in [0.4, 0.5) is 0 Å². The normalized spacial score (nSPS) is 11.1. The second-order valence-corrected chi connectivity index (χ2v) is 11.1. The average Bonchev–Trinajstić information content (AvgIpc) is 3.53. The molecular weight excluding hydrogens is 546 g/mol. The van der Waals surface area contributed by atoms with E-state index in [9.17, 15) is 0 Å². The minimum absolute atomic E-state index is 0.930. The van der Waals surface area contributed by atoms with Gasteiger partial charge in [-0.1, -0.05) is 133 Å². The van der Waals surface area contributed by atoms with Crippen LogP contribution in [0.5, 0.6) is 0 Å². The molecule has 0 fully saturated rings. The number of pyridine rings is 2. The molecule has 0 atom stereocenters. The number of rotatable bonds is 6. The maximum Gasteiger partial charge on any atom is 0.137 e. The SMILES string of the molecule is c1ccc(-c2cc(-c3cccc(-c4cccc(-c5c(-c6ccccc6)nc6ccccn56)c4)c3)cc(-c3ccccc3)n2)cc1. The molecule has 0 spiro atoms. The largest absolute Gasteiger partial charge is 0.299 e. The molecule has 0 saturated heterocycles. The van der Waals surface area contributed by atoms with Crippen molar-refractivity contribution in [2.24, 2.45) is 0 Å². The first-order chi connectivity index (χ1) is 22.3. The smallest absolute Gasteiger partial charge is 0.137 e. The zero-order chi connectivity index (χ0) is 30.0. The van der Waals surface area contributed by atoms with Gasteiger partial charge in [-0.2, -0.15) is 0 Å². The van der Waals surface area contributed by atoms with Gasteiger partial charge < -0.3 is 0 Å². The van der Waals surface area contributed by atoms with E-state index < -0.39 is 0 Å². The van der Waals surface area contributed by atoms with Gasteiger partial charge in [0, 0.05) is 28.5 Å². The van der Waals surface area contributed by atoms with Crippen molar-refractivity contribution < 1.29 is 0 Å². The van der Waals surface area contributed by atoms with Crippen LogP contribution in [0, 0.1) is 0 Å². The number of hydrogen-bond donors (Lipinski definition) is 0. The molecule has 5 aromatic carbocycles. The first kappa shape index (κ1) is 26.6. The molecule has 212 valence electrons. The monoisotopic (exact) mass is 575 g/mol. The average molecular weight is 576 g/mol. The molecule has 0 radical (unpaired) electrons. The molecule has 0 aliphatic heterocycles. The van der Waals surface area contributed by atoms with E-state index in [4.69, 9.17) is 9.97 Å². The summed E-state index contributed by atoms with van der Waals surface area (Å²) in [5, 5.41) is 0. The third-order valence-corrected chi connectivity index (χ3v) is 8.21. The van der Waals surface area contributed by atoms with Crippen molar-refractivity contribution in [1.29, 1.82) is 0 Å². The standard InChI is InChI=1S/C42H29N3/c1-4-14-30(15-5-1)38-28-37(29-39(43-38)31-16-6-2-7-17-31)35-22-12-20-33(26-35)34-21-13-23-36(27-34)42-41(32-18-8-3-9-19-32)44-40-24-10-11-25-45(40)42/h1-29H. The number of hydrogen-bond acceptors (Lipinski definition) is 2. The quantitative estimate of drug-likeness (QED) is 0.197.